The van der Waals surface area contributed by atoms with E-state index in [1.165, 1.54) is 5.56 Å². The summed E-state index contributed by atoms with van der Waals surface area (Å²) in [6.45, 7) is 9.13. The monoisotopic (exact) mass is 520 g/mol. The van der Waals surface area contributed by atoms with Gasteiger partial charge in [0.15, 0.2) is 0 Å². The van der Waals surface area contributed by atoms with Crippen LogP contribution in [0.15, 0.2) is 71.3 Å². The van der Waals surface area contributed by atoms with Crippen LogP contribution in [0.5, 0.6) is 0 Å². The van der Waals surface area contributed by atoms with E-state index >= 15 is 0 Å². The molecular formula is C27H29BrN4O2. The van der Waals surface area contributed by atoms with Crippen LogP contribution in [0.2, 0.25) is 0 Å². The van der Waals surface area contributed by atoms with Crippen molar-refractivity contribution in [2.45, 2.75) is 26.2 Å². The number of amides is 2. The maximum absolute atomic E-state index is 12.8. The van der Waals surface area contributed by atoms with Gasteiger partial charge in [-0.05, 0) is 53.4 Å². The molecule has 2 aromatic carbocycles. The fraction of sp³-hybridized carbons (Fsp3) is 0.296. The third-order valence-corrected chi connectivity index (χ3v) is 6.47. The van der Waals surface area contributed by atoms with Crippen molar-refractivity contribution >= 4 is 39.2 Å². The van der Waals surface area contributed by atoms with Crippen LogP contribution >= 0.6 is 15.9 Å². The molecule has 1 N–H and O–H groups in total. The second-order valence-electron chi connectivity index (χ2n) is 9.48. The molecule has 1 aromatic heterocycles. The molecule has 0 radical (unpaired) electrons. The van der Waals surface area contributed by atoms with Gasteiger partial charge in [-0.1, -0.05) is 54.9 Å². The quantitative estimate of drug-likeness (QED) is 0.503. The standard InChI is InChI=1S/C27H29BrN4O2/c1-27(2,3)21-9-7-19(8-10-21)25(33)30-23-11-12-24(29-18-23)31-13-15-32(16-14-31)26(34)20-5-4-6-22(28)17-20/h4-12,17-18H,13-16H2,1-3H3,(H,30,33). The summed E-state index contributed by atoms with van der Waals surface area (Å²) in [5.41, 5.74) is 3.19. The third-order valence-electron chi connectivity index (χ3n) is 5.98. The molecule has 4 rings (SSSR count). The van der Waals surface area contributed by atoms with Gasteiger partial charge in [0.05, 0.1) is 11.9 Å². The summed E-state index contributed by atoms with van der Waals surface area (Å²) in [6, 6.07) is 18.9. The lowest BCUT2D eigenvalue weighted by Crippen LogP contribution is -2.49. The zero-order chi connectivity index (χ0) is 24.3. The van der Waals surface area contributed by atoms with Gasteiger partial charge < -0.3 is 15.1 Å². The smallest absolute Gasteiger partial charge is 0.255 e. The molecule has 0 unspecified atom stereocenters. The minimum absolute atomic E-state index is 0.0440. The van der Waals surface area contributed by atoms with Gasteiger partial charge in [-0.3, -0.25) is 9.59 Å². The van der Waals surface area contributed by atoms with Crippen molar-refractivity contribution in [2.75, 3.05) is 36.4 Å². The predicted octanol–water partition coefficient (Wildman–Crippen LogP) is 5.36. The van der Waals surface area contributed by atoms with Crippen molar-refractivity contribution in [3.63, 3.8) is 0 Å². The van der Waals surface area contributed by atoms with Gasteiger partial charge in [-0.2, -0.15) is 0 Å². The molecule has 2 heterocycles. The molecule has 0 bridgehead atoms. The Bertz CT molecular complexity index is 1160. The molecule has 0 saturated carbocycles. The Morgan fingerprint density at radius 2 is 1.62 bits per heavy atom. The molecule has 6 nitrogen and oxygen atoms in total. The average Bonchev–Trinajstić information content (AvgIpc) is 2.84. The number of hydrogen-bond acceptors (Lipinski definition) is 4. The van der Waals surface area contributed by atoms with Crippen molar-refractivity contribution in [3.8, 4) is 0 Å². The van der Waals surface area contributed by atoms with Crippen molar-refractivity contribution in [2.24, 2.45) is 0 Å². The SMILES string of the molecule is CC(C)(C)c1ccc(C(=O)Nc2ccc(N3CCN(C(=O)c4cccc(Br)c4)CC3)nc2)cc1. The van der Waals surface area contributed by atoms with E-state index in [2.05, 4.69) is 51.9 Å². The number of piperazine rings is 1. The largest absolute Gasteiger partial charge is 0.353 e. The molecule has 7 heteroatoms. The molecule has 34 heavy (non-hydrogen) atoms. The first kappa shape index (κ1) is 24.0. The summed E-state index contributed by atoms with van der Waals surface area (Å²) in [5.74, 6) is 0.722. The van der Waals surface area contributed by atoms with Crippen LogP contribution in [0.1, 0.15) is 47.1 Å². The number of anilines is 2. The zero-order valence-corrected chi connectivity index (χ0v) is 21.3. The number of carbonyl (C=O) groups excluding carboxylic acids is 2. The molecule has 176 valence electrons. The zero-order valence-electron chi connectivity index (χ0n) is 19.7. The number of nitrogens with one attached hydrogen (secondary N) is 1. The summed E-state index contributed by atoms with van der Waals surface area (Å²) in [5, 5.41) is 2.91. The summed E-state index contributed by atoms with van der Waals surface area (Å²) in [6.07, 6.45) is 1.68. The fourth-order valence-corrected chi connectivity index (χ4v) is 4.31. The minimum atomic E-state index is -0.158. The second kappa shape index (κ2) is 9.97. The van der Waals surface area contributed by atoms with Crippen molar-refractivity contribution in [3.05, 3.63) is 88.0 Å². The van der Waals surface area contributed by atoms with Gasteiger partial charge in [0.25, 0.3) is 11.8 Å². The van der Waals surface area contributed by atoms with Crippen LogP contribution in [-0.4, -0.2) is 47.9 Å². The molecule has 1 fully saturated rings. The maximum atomic E-state index is 12.8. The van der Waals surface area contributed by atoms with Gasteiger partial charge in [0.1, 0.15) is 5.82 Å². The number of hydrogen-bond donors (Lipinski definition) is 1. The highest BCUT2D eigenvalue weighted by molar-refractivity contribution is 9.10. The highest BCUT2D eigenvalue weighted by Crippen LogP contribution is 2.23. The Balaban J connectivity index is 1.32. The predicted molar refractivity (Wildman–Crippen MR) is 140 cm³/mol. The first-order valence-corrected chi connectivity index (χ1v) is 12.2. The Morgan fingerprint density at radius 1 is 0.912 bits per heavy atom. The van der Waals surface area contributed by atoms with Crippen molar-refractivity contribution < 1.29 is 9.59 Å². The normalized spacial score (nSPS) is 14.1. The minimum Gasteiger partial charge on any atom is -0.353 e. The molecule has 3 aromatic rings. The van der Waals surface area contributed by atoms with E-state index in [4.69, 9.17) is 0 Å². The molecule has 1 aliphatic rings. The molecule has 0 atom stereocenters. The number of carbonyl (C=O) groups is 2. The van der Waals surface area contributed by atoms with Gasteiger partial charge in [0.2, 0.25) is 0 Å². The number of benzene rings is 2. The molecule has 0 spiro atoms. The van der Waals surface area contributed by atoms with Crippen LogP contribution in [-0.2, 0) is 5.41 Å². The van der Waals surface area contributed by atoms with Crippen LogP contribution < -0.4 is 10.2 Å². The maximum Gasteiger partial charge on any atom is 0.255 e. The fourth-order valence-electron chi connectivity index (χ4n) is 3.91. The lowest BCUT2D eigenvalue weighted by Gasteiger charge is -2.35. The van der Waals surface area contributed by atoms with E-state index < -0.39 is 0 Å². The number of halogens is 1. The van der Waals surface area contributed by atoms with E-state index in [9.17, 15) is 9.59 Å². The van der Waals surface area contributed by atoms with Crippen LogP contribution in [0.3, 0.4) is 0 Å². The number of aromatic nitrogens is 1. The Kier molecular flexibility index (Phi) is 7.03. The van der Waals surface area contributed by atoms with E-state index in [0.717, 1.165) is 10.3 Å². The van der Waals surface area contributed by atoms with Gasteiger partial charge in [0, 0.05) is 41.8 Å². The lowest BCUT2D eigenvalue weighted by atomic mass is 9.87. The summed E-state index contributed by atoms with van der Waals surface area (Å²) in [7, 11) is 0. The van der Waals surface area contributed by atoms with Gasteiger partial charge in [-0.25, -0.2) is 4.98 Å². The molecule has 1 saturated heterocycles. The van der Waals surface area contributed by atoms with E-state index in [1.807, 2.05) is 65.6 Å². The van der Waals surface area contributed by atoms with Crippen LogP contribution in [0.4, 0.5) is 11.5 Å². The number of rotatable bonds is 4. The second-order valence-corrected chi connectivity index (χ2v) is 10.4. The third kappa shape index (κ3) is 5.65. The Labute approximate surface area is 209 Å². The van der Waals surface area contributed by atoms with E-state index in [-0.39, 0.29) is 17.2 Å². The topological polar surface area (TPSA) is 65.5 Å². The summed E-state index contributed by atoms with van der Waals surface area (Å²) in [4.78, 5) is 33.9. The summed E-state index contributed by atoms with van der Waals surface area (Å²) >= 11 is 3.42. The van der Waals surface area contributed by atoms with Crippen molar-refractivity contribution in [1.82, 2.24) is 9.88 Å². The van der Waals surface area contributed by atoms with Gasteiger partial charge in [-0.15, -0.1) is 0 Å². The van der Waals surface area contributed by atoms with Gasteiger partial charge >= 0.3 is 0 Å². The highest BCUT2D eigenvalue weighted by Gasteiger charge is 2.23. The van der Waals surface area contributed by atoms with Crippen LogP contribution in [0, 0.1) is 0 Å². The van der Waals surface area contributed by atoms with E-state index in [1.54, 1.807) is 6.20 Å². The molecule has 1 aliphatic heterocycles. The van der Waals surface area contributed by atoms with E-state index in [0.29, 0.717) is 43.0 Å². The average molecular weight is 521 g/mol. The Hall–Kier alpha value is -3.19. The van der Waals surface area contributed by atoms with Crippen molar-refractivity contribution in [1.29, 1.82) is 0 Å². The molecular weight excluding hydrogens is 492 g/mol. The van der Waals surface area contributed by atoms with Crippen LogP contribution in [0.25, 0.3) is 0 Å². The molecule has 2 amide bonds. The Morgan fingerprint density at radius 3 is 2.21 bits per heavy atom. The first-order chi connectivity index (χ1) is 16.2. The lowest BCUT2D eigenvalue weighted by molar-refractivity contribution is 0.0746. The highest BCUT2D eigenvalue weighted by atomic mass is 79.9. The molecule has 0 aliphatic carbocycles. The first-order valence-electron chi connectivity index (χ1n) is 11.4. The number of nitrogens with zero attached hydrogens (tertiary/aromatic N) is 3. The summed E-state index contributed by atoms with van der Waals surface area (Å²) < 4.78 is 0.898. The number of pyridine rings is 1.